The van der Waals surface area contributed by atoms with Crippen molar-refractivity contribution in [2.45, 2.75) is 24.4 Å². The first kappa shape index (κ1) is 14.2. The van der Waals surface area contributed by atoms with E-state index in [2.05, 4.69) is 4.98 Å². The molecule has 0 bridgehead atoms. The van der Waals surface area contributed by atoms with E-state index in [0.717, 1.165) is 36.8 Å². The summed E-state index contributed by atoms with van der Waals surface area (Å²) in [6, 6.07) is 9.96. The molecule has 4 nitrogen and oxygen atoms in total. The van der Waals surface area contributed by atoms with Gasteiger partial charge in [0, 0.05) is 18.8 Å². The Kier molecular flexibility index (Phi) is 4.29. The number of aromatic nitrogens is 2. The van der Waals surface area contributed by atoms with Gasteiger partial charge < -0.3 is 4.90 Å². The lowest BCUT2D eigenvalue weighted by molar-refractivity contribution is 0.0715. The van der Waals surface area contributed by atoms with Crippen LogP contribution < -0.4 is 0 Å². The number of thioether (sulfide) groups is 1. The van der Waals surface area contributed by atoms with Crippen molar-refractivity contribution in [2.24, 2.45) is 0 Å². The van der Waals surface area contributed by atoms with Gasteiger partial charge in [0.25, 0.3) is 5.91 Å². The van der Waals surface area contributed by atoms with Gasteiger partial charge in [-0.05, 0) is 37.7 Å². The molecule has 0 unspecified atom stereocenters. The SMILES string of the molecule is CSc1ncc(C(=O)N2CCCCC2)n1-c1ccccc1. The average Bonchev–Trinajstić information content (AvgIpc) is 2.99. The van der Waals surface area contributed by atoms with Crippen LogP contribution in [0.5, 0.6) is 0 Å². The summed E-state index contributed by atoms with van der Waals surface area (Å²) in [6.07, 6.45) is 7.10. The second-order valence-corrected chi connectivity index (χ2v) is 5.93. The molecule has 0 atom stereocenters. The van der Waals surface area contributed by atoms with Crippen LogP contribution in [-0.2, 0) is 0 Å². The van der Waals surface area contributed by atoms with E-state index < -0.39 is 0 Å². The van der Waals surface area contributed by atoms with Gasteiger partial charge in [-0.1, -0.05) is 30.0 Å². The van der Waals surface area contributed by atoms with Gasteiger partial charge in [-0.15, -0.1) is 0 Å². The zero-order chi connectivity index (χ0) is 14.7. The van der Waals surface area contributed by atoms with Crippen molar-refractivity contribution in [1.29, 1.82) is 0 Å². The van der Waals surface area contributed by atoms with Gasteiger partial charge in [0.2, 0.25) is 0 Å². The first-order valence-corrected chi connectivity index (χ1v) is 8.50. The molecule has 1 aliphatic rings. The summed E-state index contributed by atoms with van der Waals surface area (Å²) in [4.78, 5) is 19.1. The van der Waals surface area contributed by atoms with Gasteiger partial charge in [-0.25, -0.2) is 4.98 Å². The van der Waals surface area contributed by atoms with Crippen molar-refractivity contribution >= 4 is 17.7 Å². The van der Waals surface area contributed by atoms with Crippen LogP contribution in [-0.4, -0.2) is 39.7 Å². The summed E-state index contributed by atoms with van der Waals surface area (Å²) in [5.41, 5.74) is 1.65. The van der Waals surface area contributed by atoms with Crippen LogP contribution in [0.15, 0.2) is 41.7 Å². The highest BCUT2D eigenvalue weighted by Gasteiger charge is 2.23. The fourth-order valence-electron chi connectivity index (χ4n) is 2.72. The fourth-order valence-corrected chi connectivity index (χ4v) is 3.26. The van der Waals surface area contributed by atoms with Gasteiger partial charge in [-0.2, -0.15) is 0 Å². The number of hydrogen-bond acceptors (Lipinski definition) is 3. The third kappa shape index (κ3) is 2.83. The third-order valence-corrected chi connectivity index (χ3v) is 4.44. The Bertz CT molecular complexity index is 618. The van der Waals surface area contributed by atoms with E-state index in [0.29, 0.717) is 5.69 Å². The summed E-state index contributed by atoms with van der Waals surface area (Å²) in [5.74, 6) is 0.0892. The van der Waals surface area contributed by atoms with Gasteiger partial charge >= 0.3 is 0 Å². The Balaban J connectivity index is 1.99. The summed E-state index contributed by atoms with van der Waals surface area (Å²) < 4.78 is 1.96. The summed E-state index contributed by atoms with van der Waals surface area (Å²) in [6.45, 7) is 1.71. The highest BCUT2D eigenvalue weighted by atomic mass is 32.2. The van der Waals surface area contributed by atoms with Gasteiger partial charge in [0.05, 0.1) is 6.20 Å². The fraction of sp³-hybridized carbons (Fsp3) is 0.375. The standard InChI is InChI=1S/C16H19N3OS/c1-21-16-17-12-14(15(20)18-10-6-3-7-11-18)19(16)13-8-4-2-5-9-13/h2,4-5,8-9,12H,3,6-7,10-11H2,1H3. The molecule has 0 saturated carbocycles. The highest BCUT2D eigenvalue weighted by molar-refractivity contribution is 7.98. The molecule has 1 saturated heterocycles. The number of nitrogens with zero attached hydrogens (tertiary/aromatic N) is 3. The Hall–Kier alpha value is -1.75. The Labute approximate surface area is 129 Å². The highest BCUT2D eigenvalue weighted by Crippen LogP contribution is 2.23. The molecule has 0 spiro atoms. The van der Waals surface area contributed by atoms with E-state index in [9.17, 15) is 4.79 Å². The van der Waals surface area contributed by atoms with E-state index in [1.807, 2.05) is 46.1 Å². The van der Waals surface area contributed by atoms with Crippen molar-refractivity contribution in [2.75, 3.05) is 19.3 Å². The molecule has 0 aliphatic carbocycles. The van der Waals surface area contributed by atoms with E-state index in [1.165, 1.54) is 6.42 Å². The van der Waals surface area contributed by atoms with Crippen molar-refractivity contribution in [3.8, 4) is 5.69 Å². The Morgan fingerprint density at radius 3 is 2.52 bits per heavy atom. The number of para-hydroxylation sites is 1. The lowest BCUT2D eigenvalue weighted by Gasteiger charge is -2.27. The molecular formula is C16H19N3OS. The monoisotopic (exact) mass is 301 g/mol. The predicted octanol–water partition coefficient (Wildman–Crippen LogP) is 3.22. The van der Waals surface area contributed by atoms with Crippen LogP contribution in [0, 0.1) is 0 Å². The van der Waals surface area contributed by atoms with Crippen LogP contribution in [0.1, 0.15) is 29.8 Å². The Morgan fingerprint density at radius 2 is 1.86 bits per heavy atom. The summed E-state index contributed by atoms with van der Waals surface area (Å²) in [7, 11) is 0. The van der Waals surface area contributed by atoms with Crippen LogP contribution in [0.3, 0.4) is 0 Å². The average molecular weight is 301 g/mol. The molecule has 3 rings (SSSR count). The maximum absolute atomic E-state index is 12.8. The topological polar surface area (TPSA) is 38.1 Å². The van der Waals surface area contributed by atoms with E-state index in [4.69, 9.17) is 0 Å². The largest absolute Gasteiger partial charge is 0.337 e. The van der Waals surface area contributed by atoms with Crippen LogP contribution in [0.25, 0.3) is 5.69 Å². The number of amides is 1. The first-order valence-electron chi connectivity index (χ1n) is 7.27. The van der Waals surface area contributed by atoms with Crippen LogP contribution in [0.4, 0.5) is 0 Å². The second-order valence-electron chi connectivity index (χ2n) is 5.15. The number of piperidine rings is 1. The van der Waals surface area contributed by atoms with Gasteiger partial charge in [-0.3, -0.25) is 9.36 Å². The molecule has 0 radical (unpaired) electrons. The van der Waals surface area contributed by atoms with Crippen molar-refractivity contribution in [1.82, 2.24) is 14.5 Å². The van der Waals surface area contributed by atoms with Crippen molar-refractivity contribution in [3.05, 3.63) is 42.2 Å². The molecule has 1 aromatic heterocycles. The molecule has 21 heavy (non-hydrogen) atoms. The van der Waals surface area contributed by atoms with E-state index >= 15 is 0 Å². The smallest absolute Gasteiger partial charge is 0.272 e. The number of imidazole rings is 1. The molecule has 1 aromatic carbocycles. The van der Waals surface area contributed by atoms with Crippen molar-refractivity contribution < 1.29 is 4.79 Å². The number of benzene rings is 1. The zero-order valence-electron chi connectivity index (χ0n) is 12.2. The number of carbonyl (C=O) groups excluding carboxylic acids is 1. The number of hydrogen-bond donors (Lipinski definition) is 0. The molecule has 2 heterocycles. The molecule has 1 amide bonds. The van der Waals surface area contributed by atoms with Gasteiger partial charge in [0.15, 0.2) is 5.16 Å². The third-order valence-electron chi connectivity index (χ3n) is 3.79. The molecule has 5 heteroatoms. The van der Waals surface area contributed by atoms with Crippen LogP contribution >= 0.6 is 11.8 Å². The lowest BCUT2D eigenvalue weighted by atomic mass is 10.1. The second kappa shape index (κ2) is 6.35. The number of rotatable bonds is 3. The molecule has 2 aromatic rings. The normalized spacial score (nSPS) is 15.2. The molecule has 1 fully saturated rings. The maximum atomic E-state index is 12.8. The number of carbonyl (C=O) groups is 1. The number of likely N-dealkylation sites (tertiary alicyclic amines) is 1. The predicted molar refractivity (Wildman–Crippen MR) is 85.1 cm³/mol. The zero-order valence-corrected chi connectivity index (χ0v) is 13.0. The molecule has 1 aliphatic heterocycles. The molecule has 0 N–H and O–H groups in total. The quantitative estimate of drug-likeness (QED) is 0.817. The van der Waals surface area contributed by atoms with E-state index in [-0.39, 0.29) is 5.91 Å². The maximum Gasteiger partial charge on any atom is 0.272 e. The van der Waals surface area contributed by atoms with Crippen LogP contribution in [0.2, 0.25) is 0 Å². The van der Waals surface area contributed by atoms with Gasteiger partial charge in [0.1, 0.15) is 5.69 Å². The molecular weight excluding hydrogens is 282 g/mol. The Morgan fingerprint density at radius 1 is 1.14 bits per heavy atom. The lowest BCUT2D eigenvalue weighted by Crippen LogP contribution is -2.36. The van der Waals surface area contributed by atoms with Crippen molar-refractivity contribution in [3.63, 3.8) is 0 Å². The molecule has 110 valence electrons. The minimum absolute atomic E-state index is 0.0892. The first-order chi connectivity index (χ1) is 10.3. The van der Waals surface area contributed by atoms with E-state index in [1.54, 1.807) is 18.0 Å². The minimum Gasteiger partial charge on any atom is -0.337 e. The minimum atomic E-state index is 0.0892. The summed E-state index contributed by atoms with van der Waals surface area (Å²) in [5, 5.41) is 0.849. The summed E-state index contributed by atoms with van der Waals surface area (Å²) >= 11 is 1.56.